The van der Waals surface area contributed by atoms with Crippen LogP contribution in [-0.2, 0) is 12.8 Å². The first-order valence-electron chi connectivity index (χ1n) is 7.10. The third-order valence-corrected chi connectivity index (χ3v) is 4.15. The largest absolute Gasteiger partial charge is 0.497 e. The molecular formula is C17H20N2O. The fourth-order valence-electron chi connectivity index (χ4n) is 3.04. The zero-order valence-corrected chi connectivity index (χ0v) is 11.8. The van der Waals surface area contributed by atoms with E-state index in [1.165, 1.54) is 16.8 Å². The first-order chi connectivity index (χ1) is 9.78. The Hall–Kier alpha value is -1.87. The normalized spacial score (nSPS) is 18.6. The van der Waals surface area contributed by atoms with E-state index < -0.39 is 0 Å². The van der Waals surface area contributed by atoms with E-state index in [1.54, 1.807) is 7.11 Å². The number of methoxy groups -OCH3 is 1. The van der Waals surface area contributed by atoms with Crippen LogP contribution < -0.4 is 10.5 Å². The number of nitrogens with zero attached hydrogens (tertiary/aromatic N) is 1. The molecule has 1 aliphatic rings. The highest BCUT2D eigenvalue weighted by Gasteiger charge is 2.28. The molecule has 0 fully saturated rings. The fraction of sp³-hybridized carbons (Fsp3) is 0.353. The first-order valence-corrected chi connectivity index (χ1v) is 7.10. The van der Waals surface area contributed by atoms with Gasteiger partial charge in [-0.3, -0.25) is 4.98 Å². The van der Waals surface area contributed by atoms with E-state index >= 15 is 0 Å². The summed E-state index contributed by atoms with van der Waals surface area (Å²) in [6.07, 6.45) is 4.97. The van der Waals surface area contributed by atoms with Crippen molar-refractivity contribution in [3.63, 3.8) is 0 Å². The Bertz CT molecular complexity index is 580. The summed E-state index contributed by atoms with van der Waals surface area (Å²) in [7, 11) is 1.68. The van der Waals surface area contributed by atoms with Crippen molar-refractivity contribution in [3.05, 3.63) is 59.4 Å². The molecule has 0 spiro atoms. The number of ether oxygens (including phenoxy) is 1. The second kappa shape index (κ2) is 5.63. The van der Waals surface area contributed by atoms with Gasteiger partial charge in [0.2, 0.25) is 0 Å². The van der Waals surface area contributed by atoms with Crippen LogP contribution in [0, 0.1) is 0 Å². The molecule has 2 unspecified atom stereocenters. The maximum atomic E-state index is 6.43. The predicted octanol–water partition coefficient (Wildman–Crippen LogP) is 2.69. The first kappa shape index (κ1) is 13.1. The van der Waals surface area contributed by atoms with Gasteiger partial charge in [-0.2, -0.15) is 0 Å². The molecule has 2 atom stereocenters. The predicted molar refractivity (Wildman–Crippen MR) is 80.0 cm³/mol. The molecule has 1 aromatic carbocycles. The summed E-state index contributed by atoms with van der Waals surface area (Å²) in [4.78, 5) is 4.53. The van der Waals surface area contributed by atoms with E-state index in [9.17, 15) is 0 Å². The third-order valence-electron chi connectivity index (χ3n) is 4.15. The SMILES string of the molecule is COc1ccc(CC(N)C2CCc3cccnc32)cc1. The van der Waals surface area contributed by atoms with Crippen LogP contribution in [-0.4, -0.2) is 18.1 Å². The molecule has 104 valence electrons. The highest BCUT2D eigenvalue weighted by molar-refractivity contribution is 5.32. The van der Waals surface area contributed by atoms with Crippen molar-refractivity contribution in [3.8, 4) is 5.75 Å². The highest BCUT2D eigenvalue weighted by atomic mass is 16.5. The lowest BCUT2D eigenvalue weighted by molar-refractivity contribution is 0.414. The number of pyridine rings is 1. The molecule has 2 aromatic rings. The molecule has 1 aromatic heterocycles. The topological polar surface area (TPSA) is 48.1 Å². The van der Waals surface area contributed by atoms with Crippen molar-refractivity contribution in [1.82, 2.24) is 4.98 Å². The summed E-state index contributed by atoms with van der Waals surface area (Å²) in [5.74, 6) is 1.27. The van der Waals surface area contributed by atoms with E-state index in [0.717, 1.165) is 25.0 Å². The van der Waals surface area contributed by atoms with Crippen LogP contribution in [0.4, 0.5) is 0 Å². The number of fused-ring (bicyclic) bond motifs is 1. The van der Waals surface area contributed by atoms with Crippen molar-refractivity contribution in [2.45, 2.75) is 31.2 Å². The van der Waals surface area contributed by atoms with Gasteiger partial charge in [-0.05, 0) is 48.6 Å². The quantitative estimate of drug-likeness (QED) is 0.927. The summed E-state index contributed by atoms with van der Waals surface area (Å²) >= 11 is 0. The molecule has 3 nitrogen and oxygen atoms in total. The van der Waals surface area contributed by atoms with Gasteiger partial charge in [-0.1, -0.05) is 18.2 Å². The molecule has 3 rings (SSSR count). The van der Waals surface area contributed by atoms with Gasteiger partial charge in [0.1, 0.15) is 5.75 Å². The van der Waals surface area contributed by atoms with Crippen LogP contribution >= 0.6 is 0 Å². The minimum Gasteiger partial charge on any atom is -0.497 e. The molecule has 0 amide bonds. The van der Waals surface area contributed by atoms with Gasteiger partial charge in [0.05, 0.1) is 7.11 Å². The van der Waals surface area contributed by atoms with Crippen molar-refractivity contribution in [1.29, 1.82) is 0 Å². The van der Waals surface area contributed by atoms with Gasteiger partial charge < -0.3 is 10.5 Å². The second-order valence-corrected chi connectivity index (χ2v) is 5.41. The number of hydrogen-bond donors (Lipinski definition) is 1. The smallest absolute Gasteiger partial charge is 0.118 e. The zero-order valence-electron chi connectivity index (χ0n) is 11.8. The van der Waals surface area contributed by atoms with Crippen LogP contribution in [0.5, 0.6) is 5.75 Å². The number of aromatic nitrogens is 1. The number of rotatable bonds is 4. The van der Waals surface area contributed by atoms with Gasteiger partial charge >= 0.3 is 0 Å². The van der Waals surface area contributed by atoms with Gasteiger partial charge in [-0.25, -0.2) is 0 Å². The van der Waals surface area contributed by atoms with Crippen LogP contribution in [0.25, 0.3) is 0 Å². The molecule has 1 heterocycles. The standard InChI is InChI=1S/C17H20N2O/c1-20-14-7-4-12(5-8-14)11-16(18)15-9-6-13-3-2-10-19-17(13)15/h2-5,7-8,10,15-16H,6,9,11,18H2,1H3. The Labute approximate surface area is 119 Å². The van der Waals surface area contributed by atoms with Crippen molar-refractivity contribution < 1.29 is 4.74 Å². The lowest BCUT2D eigenvalue weighted by Gasteiger charge is -2.19. The van der Waals surface area contributed by atoms with E-state index in [0.29, 0.717) is 5.92 Å². The van der Waals surface area contributed by atoms with Gasteiger partial charge in [0.15, 0.2) is 0 Å². The summed E-state index contributed by atoms with van der Waals surface area (Å²) in [6, 6.07) is 12.5. The summed E-state index contributed by atoms with van der Waals surface area (Å²) < 4.78 is 5.18. The Kier molecular flexibility index (Phi) is 3.70. The minimum absolute atomic E-state index is 0.125. The third kappa shape index (κ3) is 2.54. The van der Waals surface area contributed by atoms with Crippen LogP contribution in [0.2, 0.25) is 0 Å². The summed E-state index contributed by atoms with van der Waals surface area (Å²) in [5.41, 5.74) is 10.2. The molecule has 1 aliphatic carbocycles. The molecule has 20 heavy (non-hydrogen) atoms. The molecule has 0 saturated heterocycles. The van der Waals surface area contributed by atoms with Crippen molar-refractivity contribution in [2.24, 2.45) is 5.73 Å². The Morgan fingerprint density at radius 2 is 2.10 bits per heavy atom. The second-order valence-electron chi connectivity index (χ2n) is 5.41. The Morgan fingerprint density at radius 3 is 2.85 bits per heavy atom. The molecule has 0 aliphatic heterocycles. The van der Waals surface area contributed by atoms with Crippen LogP contribution in [0.15, 0.2) is 42.6 Å². The number of nitrogens with two attached hydrogens (primary N) is 1. The van der Waals surface area contributed by atoms with Crippen LogP contribution in [0.3, 0.4) is 0 Å². The molecule has 2 N–H and O–H groups in total. The van der Waals surface area contributed by atoms with Gasteiger partial charge in [0.25, 0.3) is 0 Å². The molecule has 0 radical (unpaired) electrons. The number of aryl methyl sites for hydroxylation is 1. The Morgan fingerprint density at radius 1 is 1.30 bits per heavy atom. The Balaban J connectivity index is 1.72. The monoisotopic (exact) mass is 268 g/mol. The number of benzene rings is 1. The van der Waals surface area contributed by atoms with Crippen molar-refractivity contribution >= 4 is 0 Å². The fourth-order valence-corrected chi connectivity index (χ4v) is 3.04. The minimum atomic E-state index is 0.125. The van der Waals surface area contributed by atoms with Gasteiger partial charge in [-0.15, -0.1) is 0 Å². The zero-order chi connectivity index (χ0) is 13.9. The maximum Gasteiger partial charge on any atom is 0.118 e. The molecule has 0 saturated carbocycles. The van der Waals surface area contributed by atoms with E-state index in [-0.39, 0.29) is 6.04 Å². The average Bonchev–Trinajstić information content (AvgIpc) is 2.92. The molecule has 3 heteroatoms. The lowest BCUT2D eigenvalue weighted by Crippen LogP contribution is -2.30. The average molecular weight is 268 g/mol. The summed E-state index contributed by atoms with van der Waals surface area (Å²) in [5, 5.41) is 0. The summed E-state index contributed by atoms with van der Waals surface area (Å²) in [6.45, 7) is 0. The van der Waals surface area contributed by atoms with Crippen molar-refractivity contribution in [2.75, 3.05) is 7.11 Å². The van der Waals surface area contributed by atoms with Crippen LogP contribution in [0.1, 0.15) is 29.2 Å². The van der Waals surface area contributed by atoms with E-state index in [2.05, 4.69) is 23.2 Å². The highest BCUT2D eigenvalue weighted by Crippen LogP contribution is 2.34. The van der Waals surface area contributed by atoms with Gasteiger partial charge in [0, 0.05) is 23.9 Å². The maximum absolute atomic E-state index is 6.43. The number of hydrogen-bond acceptors (Lipinski definition) is 3. The lowest BCUT2D eigenvalue weighted by atomic mass is 9.92. The molecular weight excluding hydrogens is 248 g/mol. The molecule has 0 bridgehead atoms. The van der Waals surface area contributed by atoms with E-state index in [4.69, 9.17) is 10.5 Å². The van der Waals surface area contributed by atoms with E-state index in [1.807, 2.05) is 24.4 Å².